The molecule has 0 fully saturated rings. The minimum Gasteiger partial charge on any atom is -0.622 e. The third-order valence-electron chi connectivity index (χ3n) is 4.65. The summed E-state index contributed by atoms with van der Waals surface area (Å²) in [6, 6.07) is 13.7. The van der Waals surface area contributed by atoms with Crippen molar-refractivity contribution in [2.24, 2.45) is 0 Å². The summed E-state index contributed by atoms with van der Waals surface area (Å²) in [5.74, 6) is 0. The van der Waals surface area contributed by atoms with Gasteiger partial charge in [0.2, 0.25) is 11.4 Å². The predicted molar refractivity (Wildman–Crippen MR) is 98.0 cm³/mol. The van der Waals surface area contributed by atoms with Crippen molar-refractivity contribution in [1.82, 2.24) is 10.0 Å². The van der Waals surface area contributed by atoms with Crippen molar-refractivity contribution in [3.63, 3.8) is 0 Å². The van der Waals surface area contributed by atoms with Gasteiger partial charge in [-0.2, -0.15) is 4.74 Å². The fourth-order valence-corrected chi connectivity index (χ4v) is 3.16. The summed E-state index contributed by atoms with van der Waals surface area (Å²) in [5, 5.41) is 25.7. The van der Waals surface area contributed by atoms with Gasteiger partial charge in [-0.25, -0.2) is 0 Å². The van der Waals surface area contributed by atoms with Gasteiger partial charge in [-0.15, -0.1) is 5.21 Å². The molecular formula is C20H22N3O2. The molecule has 0 atom stereocenters. The van der Waals surface area contributed by atoms with Gasteiger partial charge in [0, 0.05) is 31.7 Å². The highest BCUT2D eigenvalue weighted by molar-refractivity contribution is 6.02. The molecule has 1 aliphatic heterocycles. The standard InChI is InChI=1S/C20H22N3O2/c1-19(2)18(22(24)20(3,4)23(19)25)13-10-15-8-11-16(12-9-15)17-7-5-6-14-21-17/h5-14H,1-4H3/b13-10+. The van der Waals surface area contributed by atoms with Crippen LogP contribution in [0.4, 0.5) is 0 Å². The second-order valence-electron chi connectivity index (χ2n) is 7.20. The molecule has 0 unspecified atom stereocenters. The molecule has 0 N–H and O–H groups in total. The first-order chi connectivity index (χ1) is 11.7. The molecule has 0 saturated heterocycles. The molecule has 1 aliphatic rings. The van der Waals surface area contributed by atoms with Gasteiger partial charge in [-0.1, -0.05) is 35.4 Å². The lowest BCUT2D eigenvalue weighted by molar-refractivity contribution is -0.586. The maximum absolute atomic E-state index is 12.5. The van der Waals surface area contributed by atoms with Gasteiger partial charge in [-0.05, 0) is 37.6 Å². The summed E-state index contributed by atoms with van der Waals surface area (Å²) >= 11 is 0. The monoisotopic (exact) mass is 336 g/mol. The Morgan fingerprint density at radius 1 is 1.04 bits per heavy atom. The average molecular weight is 336 g/mol. The van der Waals surface area contributed by atoms with Crippen LogP contribution in [0.2, 0.25) is 0 Å². The Kier molecular flexibility index (Phi) is 4.22. The van der Waals surface area contributed by atoms with E-state index in [0.29, 0.717) is 5.71 Å². The Morgan fingerprint density at radius 3 is 2.24 bits per heavy atom. The third kappa shape index (κ3) is 2.97. The van der Waals surface area contributed by atoms with Crippen molar-refractivity contribution in [1.29, 1.82) is 0 Å². The smallest absolute Gasteiger partial charge is 0.248 e. The Hall–Kier alpha value is -2.50. The highest BCUT2D eigenvalue weighted by Gasteiger charge is 2.56. The Balaban J connectivity index is 1.86. The highest BCUT2D eigenvalue weighted by atomic mass is 16.6. The van der Waals surface area contributed by atoms with Crippen LogP contribution in [-0.4, -0.2) is 31.7 Å². The maximum atomic E-state index is 12.5. The summed E-state index contributed by atoms with van der Waals surface area (Å²) < 4.78 is 0.804. The summed E-state index contributed by atoms with van der Waals surface area (Å²) in [6.45, 7) is 6.81. The van der Waals surface area contributed by atoms with E-state index in [0.717, 1.165) is 26.6 Å². The molecule has 1 aromatic carbocycles. The third-order valence-corrected chi connectivity index (χ3v) is 4.65. The Morgan fingerprint density at radius 2 is 1.72 bits per heavy atom. The fourth-order valence-electron chi connectivity index (χ4n) is 3.16. The molecule has 5 heteroatoms. The van der Waals surface area contributed by atoms with E-state index >= 15 is 0 Å². The lowest BCUT2D eigenvalue weighted by Gasteiger charge is -2.27. The molecule has 0 amide bonds. The van der Waals surface area contributed by atoms with E-state index < -0.39 is 11.2 Å². The van der Waals surface area contributed by atoms with Crippen LogP contribution in [0.25, 0.3) is 17.3 Å². The number of rotatable bonds is 3. The lowest BCUT2D eigenvalue weighted by Crippen LogP contribution is -2.50. The van der Waals surface area contributed by atoms with E-state index in [1.807, 2.05) is 48.5 Å². The van der Waals surface area contributed by atoms with Gasteiger partial charge < -0.3 is 5.21 Å². The second kappa shape index (κ2) is 6.10. The molecular weight excluding hydrogens is 314 g/mol. The van der Waals surface area contributed by atoms with Gasteiger partial charge in [0.1, 0.15) is 5.54 Å². The summed E-state index contributed by atoms with van der Waals surface area (Å²) in [6.07, 6.45) is 5.36. The zero-order valence-electron chi connectivity index (χ0n) is 14.9. The average Bonchev–Trinajstić information content (AvgIpc) is 2.72. The SMILES string of the molecule is CC1(C)C(/C=C/c2ccc(-c3ccccn3)cc2)=[N+]([O-])C(C)(C)N1[O]. The van der Waals surface area contributed by atoms with Crippen LogP contribution in [-0.2, 0) is 5.21 Å². The quantitative estimate of drug-likeness (QED) is 0.631. The molecule has 129 valence electrons. The van der Waals surface area contributed by atoms with Crippen LogP contribution in [0.1, 0.15) is 33.3 Å². The topological polar surface area (TPSA) is 62.1 Å². The van der Waals surface area contributed by atoms with Gasteiger partial charge in [0.05, 0.1) is 5.69 Å². The van der Waals surface area contributed by atoms with E-state index in [9.17, 15) is 10.4 Å². The molecule has 1 aromatic heterocycles. The van der Waals surface area contributed by atoms with Crippen molar-refractivity contribution in [2.75, 3.05) is 0 Å². The molecule has 5 nitrogen and oxygen atoms in total. The summed E-state index contributed by atoms with van der Waals surface area (Å²) in [7, 11) is 0. The van der Waals surface area contributed by atoms with Crippen molar-refractivity contribution < 1.29 is 9.95 Å². The number of hydrogen-bond acceptors (Lipinski definition) is 3. The summed E-state index contributed by atoms with van der Waals surface area (Å²) in [4.78, 5) is 4.33. The minimum absolute atomic E-state index is 0.460. The van der Waals surface area contributed by atoms with Gasteiger partial charge in [0.15, 0.2) is 0 Å². The first kappa shape index (κ1) is 17.3. The van der Waals surface area contributed by atoms with Crippen molar-refractivity contribution in [3.05, 3.63) is 65.5 Å². The number of pyridine rings is 1. The van der Waals surface area contributed by atoms with Crippen LogP contribution in [0.3, 0.4) is 0 Å². The van der Waals surface area contributed by atoms with Crippen molar-refractivity contribution in [2.45, 2.75) is 38.9 Å². The summed E-state index contributed by atoms with van der Waals surface area (Å²) in [5.41, 5.74) is 1.39. The van der Waals surface area contributed by atoms with Gasteiger partial charge in [0.25, 0.3) is 0 Å². The molecule has 0 saturated carbocycles. The highest BCUT2D eigenvalue weighted by Crippen LogP contribution is 2.33. The van der Waals surface area contributed by atoms with E-state index in [4.69, 9.17) is 0 Å². The number of nitrogens with zero attached hydrogens (tertiary/aromatic N) is 3. The Labute approximate surface area is 148 Å². The van der Waals surface area contributed by atoms with E-state index in [1.165, 1.54) is 0 Å². The van der Waals surface area contributed by atoms with Crippen molar-refractivity contribution >= 4 is 11.8 Å². The largest absolute Gasteiger partial charge is 0.622 e. The van der Waals surface area contributed by atoms with Crippen LogP contribution in [0.15, 0.2) is 54.7 Å². The molecule has 3 rings (SSSR count). The van der Waals surface area contributed by atoms with Crippen LogP contribution < -0.4 is 0 Å². The van der Waals surface area contributed by atoms with E-state index in [2.05, 4.69) is 4.98 Å². The fraction of sp³-hybridized carbons (Fsp3) is 0.300. The number of hydrogen-bond donors (Lipinski definition) is 0. The van der Waals surface area contributed by atoms with Gasteiger partial charge in [-0.3, -0.25) is 4.98 Å². The zero-order valence-corrected chi connectivity index (χ0v) is 14.9. The normalized spacial score (nSPS) is 19.7. The first-order valence-corrected chi connectivity index (χ1v) is 8.26. The zero-order chi connectivity index (χ0) is 18.2. The molecule has 0 bridgehead atoms. The molecule has 1 radical (unpaired) electrons. The number of aromatic nitrogens is 1. The number of hydroxylamine groups is 3. The Bertz CT molecular complexity index is 822. The minimum atomic E-state index is -1.11. The second-order valence-corrected chi connectivity index (χ2v) is 7.20. The predicted octanol–water partition coefficient (Wildman–Crippen LogP) is 3.89. The first-order valence-electron chi connectivity index (χ1n) is 8.26. The molecule has 0 spiro atoms. The van der Waals surface area contributed by atoms with Crippen LogP contribution in [0.5, 0.6) is 0 Å². The lowest BCUT2D eigenvalue weighted by atomic mass is 9.97. The maximum Gasteiger partial charge on any atom is 0.248 e. The number of benzene rings is 1. The molecule has 25 heavy (non-hydrogen) atoms. The van der Waals surface area contributed by atoms with Crippen LogP contribution >= 0.6 is 0 Å². The van der Waals surface area contributed by atoms with Crippen LogP contribution in [0, 0.1) is 5.21 Å². The van der Waals surface area contributed by atoms with Gasteiger partial charge >= 0.3 is 0 Å². The van der Waals surface area contributed by atoms with E-state index in [-0.39, 0.29) is 0 Å². The molecule has 2 aromatic rings. The van der Waals surface area contributed by atoms with Crippen molar-refractivity contribution in [3.8, 4) is 11.3 Å². The molecule has 0 aliphatic carbocycles. The molecule has 2 heterocycles. The van der Waals surface area contributed by atoms with E-state index in [1.54, 1.807) is 40.0 Å².